The van der Waals surface area contributed by atoms with Gasteiger partial charge in [0.15, 0.2) is 0 Å². The van der Waals surface area contributed by atoms with Crippen LogP contribution in [0.1, 0.15) is 51.5 Å². The van der Waals surface area contributed by atoms with E-state index in [0.717, 1.165) is 48.0 Å². The maximum atomic E-state index is 10.5. The van der Waals surface area contributed by atoms with E-state index in [4.69, 9.17) is 11.6 Å². The second kappa shape index (κ2) is 11.1. The highest BCUT2D eigenvalue weighted by Crippen LogP contribution is 2.27. The first-order valence-corrected chi connectivity index (χ1v) is 9.15. The van der Waals surface area contributed by atoms with Gasteiger partial charge in [-0.05, 0) is 60.6 Å². The van der Waals surface area contributed by atoms with Gasteiger partial charge in [0.25, 0.3) is 0 Å². The Labute approximate surface area is 156 Å². The third-order valence-electron chi connectivity index (χ3n) is 4.17. The van der Waals surface area contributed by atoms with Crippen molar-refractivity contribution in [2.24, 2.45) is 0 Å². The maximum absolute atomic E-state index is 10.5. The smallest absolute Gasteiger partial charge is 0.117 e. The molecule has 3 nitrogen and oxygen atoms in total. The number of phenolic OH excluding ortho intramolecular Hbond substituents is 1. The molecule has 0 saturated carbocycles. The predicted octanol–water partition coefficient (Wildman–Crippen LogP) is 5.26. The summed E-state index contributed by atoms with van der Waals surface area (Å²) in [4.78, 5) is 0. The van der Waals surface area contributed by atoms with E-state index < -0.39 is 6.10 Å². The van der Waals surface area contributed by atoms with Gasteiger partial charge in [-0.3, -0.25) is 0 Å². The van der Waals surface area contributed by atoms with E-state index in [0.29, 0.717) is 11.4 Å². The average molecular weight is 365 g/mol. The average Bonchev–Trinajstić information content (AvgIpc) is 2.58. The van der Waals surface area contributed by atoms with Gasteiger partial charge >= 0.3 is 0 Å². The summed E-state index contributed by atoms with van der Waals surface area (Å²) < 4.78 is 0. The van der Waals surface area contributed by atoms with Gasteiger partial charge in [-0.25, -0.2) is 0 Å². The van der Waals surface area contributed by atoms with Crippen molar-refractivity contribution >= 4 is 17.7 Å². The molecule has 3 N–H and O–H groups in total. The molecule has 4 heteroatoms. The predicted molar refractivity (Wildman–Crippen MR) is 106 cm³/mol. The summed E-state index contributed by atoms with van der Waals surface area (Å²) >= 11 is 6.16. The Morgan fingerprint density at radius 3 is 2.56 bits per heavy atom. The fraction of sp³-hybridized carbons (Fsp3) is 0.429. The first kappa shape index (κ1) is 21.5. The quantitative estimate of drug-likeness (QED) is 0.496. The highest BCUT2D eigenvalue weighted by Gasteiger charge is 2.14. The number of benzene rings is 1. The summed E-state index contributed by atoms with van der Waals surface area (Å²) in [6, 6.07) is 4.91. The Kier molecular flexibility index (Phi) is 9.58. The fourth-order valence-corrected chi connectivity index (χ4v) is 2.97. The lowest BCUT2D eigenvalue weighted by Crippen LogP contribution is -2.13. The van der Waals surface area contributed by atoms with Crippen molar-refractivity contribution in [1.29, 1.82) is 0 Å². The van der Waals surface area contributed by atoms with Crippen molar-refractivity contribution in [1.82, 2.24) is 0 Å². The zero-order valence-corrected chi connectivity index (χ0v) is 15.9. The molecular weight excluding hydrogens is 336 g/mol. The van der Waals surface area contributed by atoms with Gasteiger partial charge in [-0.2, -0.15) is 0 Å². The third-order valence-corrected chi connectivity index (χ3v) is 4.49. The molecular formula is C21H29ClO3. The number of halogens is 1. The molecule has 1 aromatic rings. The summed E-state index contributed by atoms with van der Waals surface area (Å²) in [5.74, 6) is 0.142. The molecule has 138 valence electrons. The lowest BCUT2D eigenvalue weighted by atomic mass is 9.93. The lowest BCUT2D eigenvalue weighted by Gasteiger charge is -2.18. The van der Waals surface area contributed by atoms with Gasteiger partial charge in [0.2, 0.25) is 0 Å². The second-order valence-corrected chi connectivity index (χ2v) is 6.52. The molecule has 0 aliphatic carbocycles. The van der Waals surface area contributed by atoms with Crippen LogP contribution in [0.3, 0.4) is 0 Å². The number of aromatic hydroxyl groups is 1. The molecule has 1 rings (SSSR count). The van der Waals surface area contributed by atoms with Gasteiger partial charge < -0.3 is 15.3 Å². The number of aliphatic hydroxyl groups excluding tert-OH is 2. The molecule has 0 fully saturated rings. The largest absolute Gasteiger partial charge is 0.508 e. The second-order valence-electron chi connectivity index (χ2n) is 6.11. The Morgan fingerprint density at radius 2 is 2.00 bits per heavy atom. The van der Waals surface area contributed by atoms with E-state index >= 15 is 0 Å². The van der Waals surface area contributed by atoms with Crippen LogP contribution in [-0.4, -0.2) is 28.0 Å². The Balaban J connectivity index is 2.82. The van der Waals surface area contributed by atoms with Crippen LogP contribution in [0.25, 0.3) is 6.08 Å². The first-order valence-electron chi connectivity index (χ1n) is 8.77. The molecule has 0 bridgehead atoms. The molecule has 25 heavy (non-hydrogen) atoms. The SMILES string of the molecule is C=C(CCC)/C(=C/CO)C(O)CC/C(=C/c1ccc(O)cc1Cl)CC. The Hall–Kier alpha value is -1.55. The van der Waals surface area contributed by atoms with Gasteiger partial charge in [-0.15, -0.1) is 0 Å². The summed E-state index contributed by atoms with van der Waals surface area (Å²) in [5, 5.41) is 29.7. The number of aliphatic hydroxyl groups is 2. The van der Waals surface area contributed by atoms with Crippen molar-refractivity contribution in [3.05, 3.63) is 58.2 Å². The zero-order chi connectivity index (χ0) is 18.8. The zero-order valence-electron chi connectivity index (χ0n) is 15.1. The standard InChI is InChI=1S/C21H29ClO3/c1-4-6-15(3)19(11-12-23)21(25)10-7-16(5-2)13-17-8-9-18(24)14-20(17)22/h8-9,11,13-14,21,23-25H,3-7,10,12H2,1-2H3/b16-13+,19-11-. The van der Waals surface area contributed by atoms with Crippen LogP contribution in [-0.2, 0) is 0 Å². The molecule has 0 amide bonds. The van der Waals surface area contributed by atoms with Gasteiger partial charge in [-0.1, -0.05) is 56.2 Å². The molecule has 0 aromatic heterocycles. The van der Waals surface area contributed by atoms with Crippen LogP contribution >= 0.6 is 11.6 Å². The molecule has 0 saturated heterocycles. The van der Waals surface area contributed by atoms with Gasteiger partial charge in [0.1, 0.15) is 5.75 Å². The van der Waals surface area contributed by atoms with Crippen LogP contribution in [0.2, 0.25) is 5.02 Å². The summed E-state index contributed by atoms with van der Waals surface area (Å²) in [6.07, 6.45) is 6.90. The summed E-state index contributed by atoms with van der Waals surface area (Å²) in [7, 11) is 0. The van der Waals surface area contributed by atoms with Crippen LogP contribution in [0.15, 0.2) is 47.6 Å². The van der Waals surface area contributed by atoms with Crippen molar-refractivity contribution in [3.63, 3.8) is 0 Å². The van der Waals surface area contributed by atoms with Crippen LogP contribution in [0.5, 0.6) is 5.75 Å². The molecule has 0 heterocycles. The lowest BCUT2D eigenvalue weighted by molar-refractivity contribution is 0.200. The molecule has 0 spiro atoms. The Bertz CT molecular complexity index is 632. The number of rotatable bonds is 10. The molecule has 1 atom stereocenters. The van der Waals surface area contributed by atoms with Crippen molar-refractivity contribution in [2.75, 3.05) is 6.61 Å². The van der Waals surface area contributed by atoms with Crippen LogP contribution < -0.4 is 0 Å². The molecule has 0 aliphatic heterocycles. The summed E-state index contributed by atoms with van der Waals surface area (Å²) in [5.41, 5.74) is 3.64. The van der Waals surface area contributed by atoms with Crippen molar-refractivity contribution < 1.29 is 15.3 Å². The van der Waals surface area contributed by atoms with E-state index in [9.17, 15) is 15.3 Å². The molecule has 1 aromatic carbocycles. The molecule has 0 aliphatic rings. The topological polar surface area (TPSA) is 60.7 Å². The normalized spacial score (nSPS) is 13.8. The van der Waals surface area contributed by atoms with Gasteiger partial charge in [0, 0.05) is 0 Å². The molecule has 0 radical (unpaired) electrons. The van der Waals surface area contributed by atoms with E-state index in [1.54, 1.807) is 18.2 Å². The highest BCUT2D eigenvalue weighted by atomic mass is 35.5. The van der Waals surface area contributed by atoms with Gasteiger partial charge in [0.05, 0.1) is 17.7 Å². The van der Waals surface area contributed by atoms with Crippen LogP contribution in [0, 0.1) is 0 Å². The number of hydrogen-bond donors (Lipinski definition) is 3. The monoisotopic (exact) mass is 364 g/mol. The van der Waals surface area contributed by atoms with E-state index in [1.807, 2.05) is 6.08 Å². The van der Waals surface area contributed by atoms with E-state index in [-0.39, 0.29) is 12.4 Å². The number of allylic oxidation sites excluding steroid dienone is 1. The van der Waals surface area contributed by atoms with E-state index in [2.05, 4.69) is 20.4 Å². The van der Waals surface area contributed by atoms with E-state index in [1.165, 1.54) is 6.07 Å². The Morgan fingerprint density at radius 1 is 1.28 bits per heavy atom. The maximum Gasteiger partial charge on any atom is 0.117 e. The van der Waals surface area contributed by atoms with Crippen molar-refractivity contribution in [3.8, 4) is 5.75 Å². The minimum absolute atomic E-state index is 0.102. The third kappa shape index (κ3) is 7.07. The number of hydrogen-bond acceptors (Lipinski definition) is 3. The first-order chi connectivity index (χ1) is 11.9. The minimum atomic E-state index is -0.642. The van der Waals surface area contributed by atoms with Crippen molar-refractivity contribution in [2.45, 2.75) is 52.1 Å². The summed E-state index contributed by atoms with van der Waals surface area (Å²) in [6.45, 7) is 8.05. The number of phenols is 1. The fourth-order valence-electron chi connectivity index (χ4n) is 2.74. The molecule has 1 unspecified atom stereocenters. The highest BCUT2D eigenvalue weighted by molar-refractivity contribution is 6.32. The minimum Gasteiger partial charge on any atom is -0.508 e. The van der Waals surface area contributed by atoms with Crippen LogP contribution in [0.4, 0.5) is 0 Å².